The van der Waals surface area contributed by atoms with E-state index in [4.69, 9.17) is 32.8 Å². The molecule has 0 spiro atoms. The smallest absolute Gasteiger partial charge is 0.240 e. The maximum absolute atomic E-state index is 9.91. The van der Waals surface area contributed by atoms with Crippen LogP contribution < -0.4 is 0 Å². The topological polar surface area (TPSA) is 48.5 Å². The summed E-state index contributed by atoms with van der Waals surface area (Å²) in [6.07, 6.45) is 0. The third-order valence-corrected chi connectivity index (χ3v) is 10.6. The monoisotopic (exact) mass is 811 g/mol. The van der Waals surface area contributed by atoms with Gasteiger partial charge in [-0.15, -0.1) is 0 Å². The average molecular weight is 812 g/mol. The van der Waals surface area contributed by atoms with Crippen molar-refractivity contribution in [1.82, 2.24) is 24.1 Å². The van der Waals surface area contributed by atoms with Crippen LogP contribution in [0.3, 0.4) is 0 Å². The lowest BCUT2D eigenvalue weighted by molar-refractivity contribution is 0.893. The van der Waals surface area contributed by atoms with Gasteiger partial charge in [0.2, 0.25) is 11.9 Å². The van der Waals surface area contributed by atoms with E-state index in [0.717, 1.165) is 42.5 Å². The zero-order chi connectivity index (χ0) is 58.4. The molecule has 12 rings (SSSR count). The lowest BCUT2D eigenvalue weighted by Crippen LogP contribution is -2.10. The normalized spacial score (nSPS) is 16.1. The summed E-state index contributed by atoms with van der Waals surface area (Å²) in [6, 6.07) is 17.6. The summed E-state index contributed by atoms with van der Waals surface area (Å²) in [5.41, 5.74) is 2.68. The van der Waals surface area contributed by atoms with E-state index in [1.807, 2.05) is 72.8 Å². The van der Waals surface area contributed by atoms with Crippen LogP contribution in [0.15, 0.2) is 224 Å². The number of rotatable bonds is 7. The zero-order valence-electron chi connectivity index (χ0n) is 52.1. The van der Waals surface area contributed by atoms with Gasteiger partial charge in [-0.2, -0.15) is 15.0 Å². The van der Waals surface area contributed by atoms with E-state index >= 15 is 0 Å². The van der Waals surface area contributed by atoms with Crippen molar-refractivity contribution in [2.45, 2.75) is 0 Å². The number of fused-ring (bicyclic) bond motifs is 6. The molecule has 0 aliphatic heterocycles. The van der Waals surface area contributed by atoms with Gasteiger partial charge in [-0.3, -0.25) is 9.13 Å². The Balaban J connectivity index is 1.20. The lowest BCUT2D eigenvalue weighted by Gasteiger charge is -2.14. The molecular formula is C57H37N5. The van der Waals surface area contributed by atoms with E-state index in [0.29, 0.717) is 0 Å². The maximum Gasteiger partial charge on any atom is 0.240 e. The quantitative estimate of drug-likeness (QED) is 0.161. The van der Waals surface area contributed by atoms with Crippen molar-refractivity contribution in [3.05, 3.63) is 224 Å². The number of aromatic nitrogens is 5. The van der Waals surface area contributed by atoms with Crippen LogP contribution in [-0.2, 0) is 0 Å². The summed E-state index contributed by atoms with van der Waals surface area (Å²) in [6.45, 7) is 0. The molecule has 290 valence electrons. The molecule has 0 bridgehead atoms. The molecule has 0 unspecified atom stereocenters. The Morgan fingerprint density at radius 2 is 0.823 bits per heavy atom. The fraction of sp³-hybridized carbons (Fsp3) is 0. The fourth-order valence-corrected chi connectivity index (χ4v) is 7.80. The van der Waals surface area contributed by atoms with Crippen molar-refractivity contribution in [3.8, 4) is 67.8 Å². The van der Waals surface area contributed by atoms with Gasteiger partial charge in [0.1, 0.15) is 0 Å². The third kappa shape index (κ3) is 5.98. The molecule has 3 aromatic heterocycles. The molecule has 5 heteroatoms. The van der Waals surface area contributed by atoms with Crippen molar-refractivity contribution in [1.29, 1.82) is 0 Å². The van der Waals surface area contributed by atoms with Gasteiger partial charge in [-0.05, 0) is 74.7 Å². The van der Waals surface area contributed by atoms with Crippen LogP contribution in [0.1, 0.15) is 27.4 Å². The van der Waals surface area contributed by atoms with Gasteiger partial charge >= 0.3 is 0 Å². The molecule has 3 heterocycles. The summed E-state index contributed by atoms with van der Waals surface area (Å²) in [4.78, 5) is 14.6. The molecule has 0 amide bonds. The first-order valence-electron chi connectivity index (χ1n) is 29.3. The zero-order valence-corrected chi connectivity index (χ0v) is 32.1. The molecule has 0 atom stereocenters. The van der Waals surface area contributed by atoms with Gasteiger partial charge in [-0.1, -0.05) is 194 Å². The molecule has 62 heavy (non-hydrogen) atoms. The van der Waals surface area contributed by atoms with Gasteiger partial charge < -0.3 is 0 Å². The Morgan fingerprint density at radius 1 is 0.323 bits per heavy atom. The van der Waals surface area contributed by atoms with Crippen LogP contribution >= 0.6 is 0 Å². The van der Waals surface area contributed by atoms with Crippen LogP contribution in [-0.4, -0.2) is 24.1 Å². The van der Waals surface area contributed by atoms with Crippen molar-refractivity contribution in [3.63, 3.8) is 0 Å². The Kier molecular flexibility index (Phi) is 4.91. The van der Waals surface area contributed by atoms with Crippen LogP contribution in [0.5, 0.6) is 0 Å². The Morgan fingerprint density at radius 3 is 1.47 bits per heavy atom. The number of hydrogen-bond acceptors (Lipinski definition) is 3. The number of nitrogens with zero attached hydrogens (tertiary/aromatic N) is 5. The first kappa shape index (κ1) is 20.7. The van der Waals surface area contributed by atoms with Gasteiger partial charge in [0, 0.05) is 27.1 Å². The second kappa shape index (κ2) is 14.7. The van der Waals surface area contributed by atoms with Crippen LogP contribution in [0.25, 0.3) is 111 Å². The maximum atomic E-state index is 9.91. The highest BCUT2D eigenvalue weighted by molar-refractivity contribution is 6.11. The Labute approximate surface area is 386 Å². The van der Waals surface area contributed by atoms with Crippen molar-refractivity contribution in [2.24, 2.45) is 0 Å². The third-order valence-electron chi connectivity index (χ3n) is 10.6. The SMILES string of the molecule is [2H]c1c([2H])c([2H])c(-c2c([2H])c([2H])c3c4c([2H])c([2H])c([2H])c([2H])c4n(-c4nc(-c5ccc(-c6ccccc6-c6cccc(-c7ccccc7)c6)cc5)nc(-n5c6c([2H])c([2H])c([2H])c([2H])c6c6c([2H])c([2H])c([2H])c([2H])c65)n4)c3c2[2H])c([2H])c1[2H]. The van der Waals surface area contributed by atoms with Crippen LogP contribution in [0.2, 0.25) is 0 Å². The Bertz CT molecular complexity index is 4700. The second-order valence-electron chi connectivity index (χ2n) is 14.1. The molecule has 12 aromatic rings. The molecule has 0 radical (unpaired) electrons. The van der Waals surface area contributed by atoms with Gasteiger partial charge in [0.15, 0.2) is 5.82 Å². The van der Waals surface area contributed by atoms with E-state index in [9.17, 15) is 9.60 Å². The molecule has 0 N–H and O–H groups in total. The Hall–Kier alpha value is -8.41. The van der Waals surface area contributed by atoms with E-state index in [1.165, 1.54) is 0 Å². The van der Waals surface area contributed by atoms with Gasteiger partial charge in [-0.25, -0.2) is 0 Å². The average Bonchev–Trinajstić information content (AvgIpc) is 2.26. The lowest BCUT2D eigenvalue weighted by atomic mass is 9.92. The first-order valence-corrected chi connectivity index (χ1v) is 19.3. The van der Waals surface area contributed by atoms with Crippen molar-refractivity contribution >= 4 is 43.6 Å². The second-order valence-corrected chi connectivity index (χ2v) is 14.1. The standard InChI is InChI=1S/C57H37N5/c1-3-16-38(17-4-1)42-20-15-21-44(36-42)46-23-8-7-22-45(46)40-30-32-41(33-31-40)55-58-56(61-51-27-12-9-24-47(51)48-25-10-13-28-52(48)61)60-57(59-55)62-53-29-14-11-26-49(53)50-35-34-43(37-54(50)62)39-18-5-2-6-19-39/h1-37H/i2D,5D,6D,9D,10D,11D,12D,13D,14D,18D,19D,24D,25D,26D,27D,28D,29D,34D,35D,37D. The van der Waals surface area contributed by atoms with E-state index in [-0.39, 0.29) is 38.6 Å². The molecule has 0 aliphatic rings. The summed E-state index contributed by atoms with van der Waals surface area (Å²) in [5.74, 6) is -1.38. The molecule has 9 aromatic carbocycles. The highest BCUT2D eigenvalue weighted by Gasteiger charge is 2.21. The molecule has 0 fully saturated rings. The summed E-state index contributed by atoms with van der Waals surface area (Å²) in [7, 11) is 0. The van der Waals surface area contributed by atoms with Crippen LogP contribution in [0.4, 0.5) is 0 Å². The molecule has 0 saturated carbocycles. The van der Waals surface area contributed by atoms with E-state index in [1.54, 1.807) is 24.3 Å². The number of para-hydroxylation sites is 3. The molecule has 0 saturated heterocycles. The van der Waals surface area contributed by atoms with Gasteiger partial charge in [0.25, 0.3) is 0 Å². The minimum absolute atomic E-state index is 0.233. The number of benzene rings is 9. The van der Waals surface area contributed by atoms with E-state index in [2.05, 4.69) is 6.07 Å². The van der Waals surface area contributed by atoms with Crippen molar-refractivity contribution < 1.29 is 27.4 Å². The van der Waals surface area contributed by atoms with Crippen molar-refractivity contribution in [2.75, 3.05) is 0 Å². The largest absolute Gasteiger partial charge is 0.278 e. The number of hydrogen-bond donors (Lipinski definition) is 0. The molecular weight excluding hydrogens is 755 g/mol. The fourth-order valence-electron chi connectivity index (χ4n) is 7.80. The highest BCUT2D eigenvalue weighted by atomic mass is 15.3. The molecule has 5 nitrogen and oxygen atoms in total. The van der Waals surface area contributed by atoms with Gasteiger partial charge in [0.05, 0.1) is 49.5 Å². The minimum Gasteiger partial charge on any atom is -0.278 e. The summed E-state index contributed by atoms with van der Waals surface area (Å²) in [5, 5.41) is -1.44. The van der Waals surface area contributed by atoms with Crippen LogP contribution in [0, 0.1) is 0 Å². The highest BCUT2D eigenvalue weighted by Crippen LogP contribution is 2.38. The predicted octanol–water partition coefficient (Wildman–Crippen LogP) is 14.4. The summed E-state index contributed by atoms with van der Waals surface area (Å²) < 4.78 is 182. The first-order chi connectivity index (χ1) is 39.1. The summed E-state index contributed by atoms with van der Waals surface area (Å²) >= 11 is 0. The van der Waals surface area contributed by atoms with E-state index < -0.39 is 160 Å². The minimum atomic E-state index is -0.823. The molecule has 0 aliphatic carbocycles. The predicted molar refractivity (Wildman–Crippen MR) is 256 cm³/mol.